The second kappa shape index (κ2) is 5.18. The Morgan fingerprint density at radius 1 is 0.944 bits per heavy atom. The predicted molar refractivity (Wildman–Crippen MR) is 75.1 cm³/mol. The van der Waals surface area contributed by atoms with Crippen molar-refractivity contribution in [2.24, 2.45) is 0 Å². The van der Waals surface area contributed by atoms with Gasteiger partial charge in [0.2, 0.25) is 0 Å². The Kier molecular flexibility index (Phi) is 3.61. The number of hydrogen-bond acceptors (Lipinski definition) is 1. The van der Waals surface area contributed by atoms with E-state index in [1.165, 1.54) is 5.56 Å². The van der Waals surface area contributed by atoms with Gasteiger partial charge in [-0.05, 0) is 24.0 Å². The van der Waals surface area contributed by atoms with Crippen LogP contribution in [0.2, 0.25) is 0 Å². The van der Waals surface area contributed by atoms with Crippen LogP contribution in [0, 0.1) is 6.92 Å². The average Bonchev–Trinajstić information content (AvgIpc) is 2.38. The van der Waals surface area contributed by atoms with Crippen LogP contribution in [0.3, 0.4) is 0 Å². The highest BCUT2D eigenvalue weighted by Gasteiger charge is 2.11. The van der Waals surface area contributed by atoms with Crippen LogP contribution in [0.1, 0.15) is 46.8 Å². The van der Waals surface area contributed by atoms with Crippen molar-refractivity contribution in [1.82, 2.24) is 0 Å². The molecule has 0 amide bonds. The second-order valence-corrected chi connectivity index (χ2v) is 4.92. The Balaban J connectivity index is 2.32. The first-order valence-electron chi connectivity index (χ1n) is 6.30. The Bertz CT molecular complexity index is 550. The molecule has 2 rings (SSSR count). The van der Waals surface area contributed by atoms with Gasteiger partial charge in [0, 0.05) is 11.1 Å². The van der Waals surface area contributed by atoms with Crippen LogP contribution in [-0.4, -0.2) is 5.78 Å². The molecule has 0 N–H and O–H groups in total. The van der Waals surface area contributed by atoms with Crippen molar-refractivity contribution in [2.75, 3.05) is 0 Å². The second-order valence-electron chi connectivity index (χ2n) is 4.92. The summed E-state index contributed by atoms with van der Waals surface area (Å²) in [6.45, 7) is 6.27. The molecule has 2 aromatic carbocycles. The Morgan fingerprint density at radius 2 is 1.56 bits per heavy atom. The van der Waals surface area contributed by atoms with Crippen molar-refractivity contribution in [3.05, 3.63) is 70.8 Å². The molecule has 0 bridgehead atoms. The molecule has 0 unspecified atom stereocenters. The number of aryl methyl sites for hydroxylation is 1. The summed E-state index contributed by atoms with van der Waals surface area (Å²) in [5.74, 6) is 0.594. The third kappa shape index (κ3) is 2.51. The monoisotopic (exact) mass is 238 g/mol. The standard InChI is InChI=1S/C17H18O/c1-12(2)14-8-10-15(11-9-14)17(18)16-7-5-4-6-13(16)3/h4-12H,1-3H3. The Hall–Kier alpha value is -1.89. The third-order valence-corrected chi connectivity index (χ3v) is 3.23. The molecule has 1 nitrogen and oxygen atoms in total. The first-order chi connectivity index (χ1) is 8.59. The lowest BCUT2D eigenvalue weighted by atomic mass is 9.96. The smallest absolute Gasteiger partial charge is 0.193 e. The van der Waals surface area contributed by atoms with E-state index in [2.05, 4.69) is 13.8 Å². The van der Waals surface area contributed by atoms with Gasteiger partial charge in [0.1, 0.15) is 0 Å². The van der Waals surface area contributed by atoms with E-state index in [4.69, 9.17) is 0 Å². The fourth-order valence-electron chi connectivity index (χ4n) is 2.00. The highest BCUT2D eigenvalue weighted by atomic mass is 16.1. The summed E-state index contributed by atoms with van der Waals surface area (Å²) >= 11 is 0. The number of ketones is 1. The van der Waals surface area contributed by atoms with Crippen LogP contribution in [0.15, 0.2) is 48.5 Å². The van der Waals surface area contributed by atoms with E-state index in [9.17, 15) is 4.79 Å². The van der Waals surface area contributed by atoms with Crippen LogP contribution in [-0.2, 0) is 0 Å². The first-order valence-corrected chi connectivity index (χ1v) is 6.30. The molecule has 92 valence electrons. The summed E-state index contributed by atoms with van der Waals surface area (Å²) in [5, 5.41) is 0. The van der Waals surface area contributed by atoms with Gasteiger partial charge in [0.15, 0.2) is 5.78 Å². The van der Waals surface area contributed by atoms with Gasteiger partial charge in [0.25, 0.3) is 0 Å². The first kappa shape index (κ1) is 12.6. The summed E-state index contributed by atoms with van der Waals surface area (Å²) in [5.41, 5.74) is 3.83. The number of carbonyl (C=O) groups is 1. The topological polar surface area (TPSA) is 17.1 Å². The molecule has 0 heterocycles. The SMILES string of the molecule is Cc1ccccc1C(=O)c1ccc(C(C)C)cc1. The number of benzene rings is 2. The van der Waals surface area contributed by atoms with Gasteiger partial charge in [-0.15, -0.1) is 0 Å². The molecule has 0 aliphatic carbocycles. The van der Waals surface area contributed by atoms with E-state index in [0.29, 0.717) is 5.92 Å². The Morgan fingerprint density at radius 3 is 2.11 bits per heavy atom. The predicted octanol–water partition coefficient (Wildman–Crippen LogP) is 4.35. The quantitative estimate of drug-likeness (QED) is 0.726. The maximum Gasteiger partial charge on any atom is 0.193 e. The molecule has 0 saturated carbocycles. The molecule has 2 aromatic rings. The zero-order valence-corrected chi connectivity index (χ0v) is 11.1. The average molecular weight is 238 g/mol. The third-order valence-electron chi connectivity index (χ3n) is 3.23. The minimum atomic E-state index is 0.100. The van der Waals surface area contributed by atoms with Crippen LogP contribution >= 0.6 is 0 Å². The van der Waals surface area contributed by atoms with E-state index in [0.717, 1.165) is 16.7 Å². The molecule has 0 radical (unpaired) electrons. The summed E-state index contributed by atoms with van der Waals surface area (Å²) in [6.07, 6.45) is 0. The summed E-state index contributed by atoms with van der Waals surface area (Å²) < 4.78 is 0. The zero-order chi connectivity index (χ0) is 13.1. The highest BCUT2D eigenvalue weighted by Crippen LogP contribution is 2.18. The maximum atomic E-state index is 12.3. The lowest BCUT2D eigenvalue weighted by Crippen LogP contribution is -2.03. The fourth-order valence-corrected chi connectivity index (χ4v) is 2.00. The van der Waals surface area contributed by atoms with Crippen molar-refractivity contribution in [3.63, 3.8) is 0 Å². The van der Waals surface area contributed by atoms with Crippen molar-refractivity contribution in [3.8, 4) is 0 Å². The Labute approximate surface area is 108 Å². The molecule has 1 heteroatoms. The van der Waals surface area contributed by atoms with E-state index in [1.807, 2.05) is 55.5 Å². The molecule has 0 spiro atoms. The van der Waals surface area contributed by atoms with Crippen LogP contribution in [0.4, 0.5) is 0 Å². The number of rotatable bonds is 3. The van der Waals surface area contributed by atoms with Gasteiger partial charge in [-0.2, -0.15) is 0 Å². The summed E-state index contributed by atoms with van der Waals surface area (Å²) in [7, 11) is 0. The minimum Gasteiger partial charge on any atom is -0.289 e. The lowest BCUT2D eigenvalue weighted by molar-refractivity contribution is 0.103. The minimum absolute atomic E-state index is 0.100. The van der Waals surface area contributed by atoms with Gasteiger partial charge in [-0.3, -0.25) is 4.79 Å². The molecule has 0 atom stereocenters. The van der Waals surface area contributed by atoms with Crippen molar-refractivity contribution in [1.29, 1.82) is 0 Å². The highest BCUT2D eigenvalue weighted by molar-refractivity contribution is 6.09. The van der Waals surface area contributed by atoms with Gasteiger partial charge in [-0.1, -0.05) is 62.4 Å². The van der Waals surface area contributed by atoms with E-state index < -0.39 is 0 Å². The number of carbonyl (C=O) groups excluding carboxylic acids is 1. The summed E-state index contributed by atoms with van der Waals surface area (Å²) in [6, 6.07) is 15.6. The molecule has 0 saturated heterocycles. The maximum absolute atomic E-state index is 12.3. The van der Waals surface area contributed by atoms with Crippen molar-refractivity contribution in [2.45, 2.75) is 26.7 Å². The normalized spacial score (nSPS) is 10.7. The number of hydrogen-bond donors (Lipinski definition) is 0. The molecule has 0 fully saturated rings. The molecule has 18 heavy (non-hydrogen) atoms. The van der Waals surface area contributed by atoms with Crippen LogP contribution in [0.25, 0.3) is 0 Å². The molecule has 0 aromatic heterocycles. The van der Waals surface area contributed by atoms with Crippen molar-refractivity contribution < 1.29 is 4.79 Å². The van der Waals surface area contributed by atoms with E-state index in [1.54, 1.807) is 0 Å². The molecule has 0 aliphatic rings. The van der Waals surface area contributed by atoms with Gasteiger partial charge < -0.3 is 0 Å². The largest absolute Gasteiger partial charge is 0.289 e. The fraction of sp³-hybridized carbons (Fsp3) is 0.235. The van der Waals surface area contributed by atoms with Gasteiger partial charge in [0.05, 0.1) is 0 Å². The summed E-state index contributed by atoms with van der Waals surface area (Å²) in [4.78, 5) is 12.3. The lowest BCUT2D eigenvalue weighted by Gasteiger charge is -2.07. The van der Waals surface area contributed by atoms with Crippen LogP contribution < -0.4 is 0 Å². The van der Waals surface area contributed by atoms with Gasteiger partial charge >= 0.3 is 0 Å². The zero-order valence-electron chi connectivity index (χ0n) is 11.1. The van der Waals surface area contributed by atoms with Crippen molar-refractivity contribution >= 4 is 5.78 Å². The van der Waals surface area contributed by atoms with E-state index in [-0.39, 0.29) is 5.78 Å². The van der Waals surface area contributed by atoms with E-state index >= 15 is 0 Å². The molecule has 0 aliphatic heterocycles. The van der Waals surface area contributed by atoms with Crippen LogP contribution in [0.5, 0.6) is 0 Å². The van der Waals surface area contributed by atoms with Gasteiger partial charge in [-0.25, -0.2) is 0 Å². The molecular formula is C17H18O. The molecular weight excluding hydrogens is 220 g/mol.